The summed E-state index contributed by atoms with van der Waals surface area (Å²) in [5.41, 5.74) is 0. The van der Waals surface area contributed by atoms with E-state index in [-0.39, 0.29) is 23.5 Å². The van der Waals surface area contributed by atoms with Gasteiger partial charge in [0.2, 0.25) is 0 Å². The Balaban J connectivity index is 1.78. The molecule has 1 aliphatic heterocycles. The van der Waals surface area contributed by atoms with Gasteiger partial charge in [-0.25, -0.2) is 8.42 Å². The maximum Gasteiger partial charge on any atom is 0.263 e. The number of nitrogens with zero attached hydrogens (tertiary/aromatic N) is 1. The number of para-hydroxylation sites is 1. The summed E-state index contributed by atoms with van der Waals surface area (Å²) in [5.74, 6) is 0.319. The number of rotatable bonds is 6. The summed E-state index contributed by atoms with van der Waals surface area (Å²) in [6, 6.07) is 10.5. The molecule has 1 aromatic heterocycles. The zero-order valence-corrected chi connectivity index (χ0v) is 16.7. The van der Waals surface area contributed by atoms with Crippen LogP contribution in [0, 0.1) is 0 Å². The van der Waals surface area contributed by atoms with Crippen molar-refractivity contribution in [2.24, 2.45) is 0 Å². The highest BCUT2D eigenvalue weighted by Crippen LogP contribution is 2.27. The van der Waals surface area contributed by atoms with Crippen molar-refractivity contribution in [2.45, 2.75) is 32.0 Å². The van der Waals surface area contributed by atoms with E-state index in [2.05, 4.69) is 0 Å². The summed E-state index contributed by atoms with van der Waals surface area (Å²) in [7, 11) is -3.10. The Kier molecular flexibility index (Phi) is 5.89. The van der Waals surface area contributed by atoms with Gasteiger partial charge in [0, 0.05) is 10.9 Å². The van der Waals surface area contributed by atoms with Crippen molar-refractivity contribution in [1.82, 2.24) is 4.90 Å². The molecule has 1 aromatic carbocycles. The molecule has 1 aliphatic rings. The molecule has 0 bridgehead atoms. The van der Waals surface area contributed by atoms with Crippen LogP contribution in [0.1, 0.15) is 18.2 Å². The van der Waals surface area contributed by atoms with Crippen LogP contribution < -0.4 is 4.74 Å². The van der Waals surface area contributed by atoms with Gasteiger partial charge in [0.1, 0.15) is 5.75 Å². The maximum atomic E-state index is 13.1. The third-order valence-corrected chi connectivity index (χ3v) is 7.25. The fraction of sp³-hybridized carbons (Fsp3) is 0.389. The highest BCUT2D eigenvalue weighted by Gasteiger charge is 2.36. The fourth-order valence-corrected chi connectivity index (χ4v) is 5.61. The first-order chi connectivity index (χ1) is 12.4. The van der Waals surface area contributed by atoms with Crippen LogP contribution in [0.25, 0.3) is 0 Å². The third-order valence-electron chi connectivity index (χ3n) is 4.33. The number of carbonyl (C=O) groups excluding carboxylic acids is 1. The number of ether oxygens (including phenoxy) is 1. The van der Waals surface area contributed by atoms with Crippen LogP contribution in [0.15, 0.2) is 41.8 Å². The van der Waals surface area contributed by atoms with Crippen LogP contribution in [0.3, 0.4) is 0 Å². The average Bonchev–Trinajstić information content (AvgIpc) is 3.23. The Labute approximate surface area is 162 Å². The lowest BCUT2D eigenvalue weighted by molar-refractivity contribution is -0.140. The number of carbonyl (C=O) groups is 1. The lowest BCUT2D eigenvalue weighted by Gasteiger charge is -2.30. The molecule has 1 fully saturated rings. The van der Waals surface area contributed by atoms with E-state index >= 15 is 0 Å². The summed E-state index contributed by atoms with van der Waals surface area (Å²) < 4.78 is 29.5. The van der Waals surface area contributed by atoms with E-state index in [0.717, 1.165) is 4.88 Å². The first-order valence-electron chi connectivity index (χ1n) is 8.30. The summed E-state index contributed by atoms with van der Waals surface area (Å²) in [4.78, 5) is 15.7. The Morgan fingerprint density at radius 1 is 1.35 bits per heavy atom. The van der Waals surface area contributed by atoms with Crippen molar-refractivity contribution in [2.75, 3.05) is 11.5 Å². The van der Waals surface area contributed by atoms with E-state index < -0.39 is 15.9 Å². The average molecular weight is 414 g/mol. The zero-order valence-electron chi connectivity index (χ0n) is 14.3. The van der Waals surface area contributed by atoms with Crippen LogP contribution in [0.5, 0.6) is 5.75 Å². The highest BCUT2D eigenvalue weighted by molar-refractivity contribution is 7.91. The Morgan fingerprint density at radius 2 is 2.12 bits per heavy atom. The molecule has 2 atom stereocenters. The molecule has 2 heterocycles. The van der Waals surface area contributed by atoms with Crippen molar-refractivity contribution < 1.29 is 17.9 Å². The standard InChI is InChI=1S/C18H20ClNO4S2/c1-13(24-17-7-3-2-6-16(17)19)18(21)20(11-15-5-4-9-25-15)14-8-10-26(22,23)12-14/h2-7,9,13-14H,8,10-12H2,1H3/t13-,14+/m1/s1. The van der Waals surface area contributed by atoms with Crippen LogP contribution >= 0.6 is 22.9 Å². The van der Waals surface area contributed by atoms with Crippen LogP contribution in [0.2, 0.25) is 5.02 Å². The number of halogens is 1. The lowest BCUT2D eigenvalue weighted by atomic mass is 10.2. The summed E-state index contributed by atoms with van der Waals surface area (Å²) in [6.07, 6.45) is -0.309. The first kappa shape index (κ1) is 19.2. The molecule has 0 spiro atoms. The Hall–Kier alpha value is -1.57. The molecule has 1 amide bonds. The minimum atomic E-state index is -3.10. The molecule has 140 valence electrons. The molecular formula is C18H20ClNO4S2. The summed E-state index contributed by atoms with van der Waals surface area (Å²) in [5, 5.41) is 2.37. The van der Waals surface area contributed by atoms with E-state index in [0.29, 0.717) is 23.7 Å². The molecule has 0 N–H and O–H groups in total. The first-order valence-corrected chi connectivity index (χ1v) is 11.4. The van der Waals surface area contributed by atoms with Crippen molar-refractivity contribution >= 4 is 38.7 Å². The van der Waals surface area contributed by atoms with Gasteiger partial charge in [-0.1, -0.05) is 29.8 Å². The molecule has 0 saturated carbocycles. The van der Waals surface area contributed by atoms with Gasteiger partial charge >= 0.3 is 0 Å². The number of thiophene rings is 1. The van der Waals surface area contributed by atoms with Crippen LogP contribution in [0.4, 0.5) is 0 Å². The maximum absolute atomic E-state index is 13.1. The zero-order chi connectivity index (χ0) is 18.7. The quantitative estimate of drug-likeness (QED) is 0.728. The van der Waals surface area contributed by atoms with E-state index in [9.17, 15) is 13.2 Å². The topological polar surface area (TPSA) is 63.7 Å². The van der Waals surface area contributed by atoms with Gasteiger partial charge in [-0.3, -0.25) is 4.79 Å². The van der Waals surface area contributed by atoms with Crippen molar-refractivity contribution in [1.29, 1.82) is 0 Å². The van der Waals surface area contributed by atoms with Crippen molar-refractivity contribution in [3.8, 4) is 5.75 Å². The van der Waals surface area contributed by atoms with E-state index in [1.807, 2.05) is 17.5 Å². The molecular weight excluding hydrogens is 394 g/mol. The largest absolute Gasteiger partial charge is 0.479 e. The summed E-state index contributed by atoms with van der Waals surface area (Å²) in [6.45, 7) is 2.05. The molecule has 2 aromatic rings. The summed E-state index contributed by atoms with van der Waals surface area (Å²) >= 11 is 7.64. The SMILES string of the molecule is C[C@@H](Oc1ccccc1Cl)C(=O)N(Cc1cccs1)[C@H]1CCS(=O)(=O)C1. The predicted octanol–water partition coefficient (Wildman–Crippen LogP) is 3.38. The highest BCUT2D eigenvalue weighted by atomic mass is 35.5. The van der Waals surface area contributed by atoms with Gasteiger partial charge in [0.25, 0.3) is 5.91 Å². The molecule has 0 radical (unpaired) electrons. The van der Waals surface area contributed by atoms with E-state index in [4.69, 9.17) is 16.3 Å². The third kappa shape index (κ3) is 4.58. The second kappa shape index (κ2) is 7.98. The van der Waals surface area contributed by atoms with Crippen LogP contribution in [-0.2, 0) is 21.2 Å². The number of benzene rings is 1. The molecule has 0 unspecified atom stereocenters. The molecule has 1 saturated heterocycles. The number of sulfone groups is 1. The van der Waals surface area contributed by atoms with E-state index in [1.165, 1.54) is 0 Å². The minimum Gasteiger partial charge on any atom is -0.479 e. The Bertz CT molecular complexity index is 867. The monoisotopic (exact) mass is 413 g/mol. The molecule has 3 rings (SSSR count). The number of amides is 1. The lowest BCUT2D eigenvalue weighted by Crippen LogP contribution is -2.46. The van der Waals surface area contributed by atoms with Gasteiger partial charge in [0.15, 0.2) is 15.9 Å². The van der Waals surface area contributed by atoms with Crippen LogP contribution in [-0.4, -0.2) is 42.9 Å². The fourth-order valence-electron chi connectivity index (χ4n) is 2.99. The number of hydrogen-bond donors (Lipinski definition) is 0. The second-order valence-corrected chi connectivity index (χ2v) is 9.96. The smallest absolute Gasteiger partial charge is 0.263 e. The molecule has 26 heavy (non-hydrogen) atoms. The number of hydrogen-bond acceptors (Lipinski definition) is 5. The normalized spacial score (nSPS) is 19.8. The van der Waals surface area contributed by atoms with Gasteiger partial charge < -0.3 is 9.64 Å². The Morgan fingerprint density at radius 3 is 2.73 bits per heavy atom. The van der Waals surface area contributed by atoms with Gasteiger partial charge in [-0.2, -0.15) is 0 Å². The molecule has 8 heteroatoms. The van der Waals surface area contributed by atoms with Gasteiger partial charge in [0.05, 0.1) is 23.1 Å². The van der Waals surface area contributed by atoms with Crippen molar-refractivity contribution in [3.63, 3.8) is 0 Å². The van der Waals surface area contributed by atoms with Gasteiger partial charge in [-0.15, -0.1) is 11.3 Å². The predicted molar refractivity (Wildman–Crippen MR) is 103 cm³/mol. The molecule has 5 nitrogen and oxygen atoms in total. The van der Waals surface area contributed by atoms with Crippen molar-refractivity contribution in [3.05, 3.63) is 51.7 Å². The molecule has 0 aliphatic carbocycles. The van der Waals surface area contributed by atoms with Gasteiger partial charge in [-0.05, 0) is 36.9 Å². The van der Waals surface area contributed by atoms with E-state index in [1.54, 1.807) is 47.4 Å². The second-order valence-electron chi connectivity index (χ2n) is 6.29. The minimum absolute atomic E-state index is 0.00291.